The van der Waals surface area contributed by atoms with Crippen molar-refractivity contribution in [2.75, 3.05) is 13.3 Å². The Hall–Kier alpha value is -3.55. The van der Waals surface area contributed by atoms with Crippen LogP contribution in [0.4, 0.5) is 0 Å². The number of ether oxygens (including phenoxy) is 2. The molecule has 0 aromatic heterocycles. The highest BCUT2D eigenvalue weighted by Gasteiger charge is 2.16. The van der Waals surface area contributed by atoms with Gasteiger partial charge in [-0.15, -0.1) is 0 Å². The molecule has 26 heavy (non-hydrogen) atoms. The highest BCUT2D eigenvalue weighted by Crippen LogP contribution is 2.32. The predicted molar refractivity (Wildman–Crippen MR) is 91.3 cm³/mol. The summed E-state index contributed by atoms with van der Waals surface area (Å²) in [5.41, 5.74) is 5.68. The molecule has 0 atom stereocenters. The first-order valence-electron chi connectivity index (χ1n) is 7.91. The molecule has 134 valence electrons. The van der Waals surface area contributed by atoms with Gasteiger partial charge in [0.25, 0.3) is 11.8 Å². The Labute approximate surface area is 149 Å². The van der Waals surface area contributed by atoms with Crippen molar-refractivity contribution in [1.82, 2.24) is 16.2 Å². The molecule has 2 aromatic carbocycles. The monoisotopic (exact) mass is 355 g/mol. The highest BCUT2D eigenvalue weighted by molar-refractivity contribution is 5.96. The maximum Gasteiger partial charge on any atom is 0.269 e. The average molecular weight is 355 g/mol. The van der Waals surface area contributed by atoms with Crippen molar-refractivity contribution >= 4 is 17.7 Å². The van der Waals surface area contributed by atoms with Crippen LogP contribution in [0.25, 0.3) is 0 Å². The van der Waals surface area contributed by atoms with Crippen molar-refractivity contribution in [3.63, 3.8) is 0 Å². The van der Waals surface area contributed by atoms with Gasteiger partial charge < -0.3 is 14.8 Å². The molecule has 8 nitrogen and oxygen atoms in total. The third-order valence-electron chi connectivity index (χ3n) is 3.60. The summed E-state index contributed by atoms with van der Waals surface area (Å²) in [7, 11) is 0. The van der Waals surface area contributed by atoms with E-state index < -0.39 is 11.8 Å². The first-order valence-corrected chi connectivity index (χ1v) is 7.91. The summed E-state index contributed by atoms with van der Waals surface area (Å²) in [6, 6.07) is 13.9. The van der Waals surface area contributed by atoms with Gasteiger partial charge in [-0.3, -0.25) is 25.2 Å². The van der Waals surface area contributed by atoms with Gasteiger partial charge in [0, 0.05) is 5.56 Å². The number of nitrogens with one attached hydrogen (secondary N) is 3. The van der Waals surface area contributed by atoms with E-state index in [1.807, 2.05) is 30.3 Å². The summed E-state index contributed by atoms with van der Waals surface area (Å²) in [4.78, 5) is 35.5. The topological polar surface area (TPSA) is 106 Å². The Morgan fingerprint density at radius 1 is 0.885 bits per heavy atom. The van der Waals surface area contributed by atoms with E-state index in [9.17, 15) is 14.4 Å². The number of hydrazine groups is 1. The zero-order valence-electron chi connectivity index (χ0n) is 13.8. The maximum atomic E-state index is 12.0. The highest BCUT2D eigenvalue weighted by atomic mass is 16.7. The first kappa shape index (κ1) is 17.3. The van der Waals surface area contributed by atoms with Gasteiger partial charge in [0.2, 0.25) is 12.7 Å². The molecule has 0 saturated carbocycles. The summed E-state index contributed by atoms with van der Waals surface area (Å²) in [6.07, 6.45) is 0.178. The summed E-state index contributed by atoms with van der Waals surface area (Å²) < 4.78 is 10.4. The Bertz CT molecular complexity index is 823. The molecule has 1 heterocycles. The Balaban J connectivity index is 1.41. The van der Waals surface area contributed by atoms with E-state index in [-0.39, 0.29) is 25.7 Å². The molecule has 0 aliphatic carbocycles. The van der Waals surface area contributed by atoms with Crippen LogP contribution >= 0.6 is 0 Å². The third kappa shape index (κ3) is 4.50. The van der Waals surface area contributed by atoms with Crippen LogP contribution < -0.4 is 25.6 Å². The lowest BCUT2D eigenvalue weighted by Gasteiger charge is -2.09. The zero-order chi connectivity index (χ0) is 18.4. The molecule has 8 heteroatoms. The summed E-state index contributed by atoms with van der Waals surface area (Å²) in [6.45, 7) is -0.132. The van der Waals surface area contributed by atoms with Gasteiger partial charge >= 0.3 is 0 Å². The quantitative estimate of drug-likeness (QED) is 0.679. The average Bonchev–Trinajstić information content (AvgIpc) is 3.13. The van der Waals surface area contributed by atoms with Gasteiger partial charge in [-0.25, -0.2) is 0 Å². The van der Waals surface area contributed by atoms with Crippen molar-refractivity contribution in [1.29, 1.82) is 0 Å². The molecule has 0 bridgehead atoms. The molecule has 3 rings (SSSR count). The van der Waals surface area contributed by atoms with Gasteiger partial charge in [-0.1, -0.05) is 30.3 Å². The second-order valence-corrected chi connectivity index (χ2v) is 5.51. The van der Waals surface area contributed by atoms with Gasteiger partial charge in [0.1, 0.15) is 0 Å². The van der Waals surface area contributed by atoms with Crippen LogP contribution in [0.3, 0.4) is 0 Å². The van der Waals surface area contributed by atoms with Gasteiger partial charge in [-0.05, 0) is 23.8 Å². The number of hydrogen-bond acceptors (Lipinski definition) is 5. The summed E-state index contributed by atoms with van der Waals surface area (Å²) >= 11 is 0. The largest absolute Gasteiger partial charge is 0.454 e. The molecule has 3 amide bonds. The standard InChI is InChI=1S/C18H17N3O5/c22-16(8-12-4-2-1-3-5-12)19-10-17(23)20-21-18(24)13-6-7-14-15(9-13)26-11-25-14/h1-7,9H,8,10-11H2,(H,19,22)(H,20,23)(H,21,24). The summed E-state index contributed by atoms with van der Waals surface area (Å²) in [5, 5.41) is 2.49. The van der Waals surface area contributed by atoms with Crippen LogP contribution in [-0.4, -0.2) is 31.1 Å². The zero-order valence-corrected chi connectivity index (χ0v) is 13.8. The Morgan fingerprint density at radius 2 is 1.65 bits per heavy atom. The van der Waals surface area contributed by atoms with Crippen LogP contribution in [0.5, 0.6) is 11.5 Å². The molecule has 1 aliphatic rings. The van der Waals surface area contributed by atoms with Gasteiger partial charge in [-0.2, -0.15) is 0 Å². The number of benzene rings is 2. The van der Waals surface area contributed by atoms with E-state index in [4.69, 9.17) is 9.47 Å². The number of amides is 3. The van der Waals surface area contributed by atoms with Crippen LogP contribution in [0.15, 0.2) is 48.5 Å². The lowest BCUT2D eigenvalue weighted by atomic mass is 10.1. The van der Waals surface area contributed by atoms with Crippen LogP contribution in [-0.2, 0) is 16.0 Å². The van der Waals surface area contributed by atoms with Crippen molar-refractivity contribution < 1.29 is 23.9 Å². The lowest BCUT2D eigenvalue weighted by molar-refractivity contribution is -0.126. The number of hydrogen-bond donors (Lipinski definition) is 3. The fraction of sp³-hybridized carbons (Fsp3) is 0.167. The molecule has 0 radical (unpaired) electrons. The molecule has 1 aliphatic heterocycles. The molecular weight excluding hydrogens is 338 g/mol. The van der Waals surface area contributed by atoms with Gasteiger partial charge in [0.15, 0.2) is 11.5 Å². The number of carbonyl (C=O) groups excluding carboxylic acids is 3. The smallest absolute Gasteiger partial charge is 0.269 e. The minimum Gasteiger partial charge on any atom is -0.454 e. The van der Waals surface area contributed by atoms with E-state index in [2.05, 4.69) is 16.2 Å². The minimum absolute atomic E-state index is 0.111. The van der Waals surface area contributed by atoms with Crippen LogP contribution in [0.1, 0.15) is 15.9 Å². The molecule has 2 aromatic rings. The Morgan fingerprint density at radius 3 is 2.46 bits per heavy atom. The number of rotatable bonds is 5. The first-order chi connectivity index (χ1) is 12.6. The lowest BCUT2D eigenvalue weighted by Crippen LogP contribution is -2.46. The number of fused-ring (bicyclic) bond motifs is 1. The molecule has 0 saturated heterocycles. The fourth-order valence-corrected chi connectivity index (χ4v) is 2.30. The second-order valence-electron chi connectivity index (χ2n) is 5.51. The van der Waals surface area contributed by atoms with Crippen molar-refractivity contribution in [3.8, 4) is 11.5 Å². The number of carbonyl (C=O) groups is 3. The normalized spacial score (nSPS) is 11.5. The van der Waals surface area contributed by atoms with Crippen LogP contribution in [0, 0.1) is 0 Å². The summed E-state index contributed by atoms with van der Waals surface area (Å²) in [5.74, 6) is -0.301. The van der Waals surface area contributed by atoms with E-state index in [1.54, 1.807) is 12.1 Å². The minimum atomic E-state index is -0.541. The van der Waals surface area contributed by atoms with Gasteiger partial charge in [0.05, 0.1) is 13.0 Å². The van der Waals surface area contributed by atoms with E-state index in [0.29, 0.717) is 17.1 Å². The molecule has 0 spiro atoms. The molecule has 0 unspecified atom stereocenters. The second kappa shape index (κ2) is 8.02. The maximum absolute atomic E-state index is 12.0. The molecule has 0 fully saturated rings. The predicted octanol–water partition coefficient (Wildman–Crippen LogP) is 0.535. The molecule has 3 N–H and O–H groups in total. The fourth-order valence-electron chi connectivity index (χ4n) is 2.30. The Kier molecular flexibility index (Phi) is 5.33. The van der Waals surface area contributed by atoms with Crippen molar-refractivity contribution in [3.05, 3.63) is 59.7 Å². The van der Waals surface area contributed by atoms with Crippen LogP contribution in [0.2, 0.25) is 0 Å². The van der Waals surface area contributed by atoms with E-state index in [1.165, 1.54) is 6.07 Å². The van der Waals surface area contributed by atoms with E-state index in [0.717, 1.165) is 5.56 Å². The molecular formula is C18H17N3O5. The SMILES string of the molecule is O=C(Cc1ccccc1)NCC(=O)NNC(=O)c1ccc2c(c1)OCO2. The third-order valence-corrected chi connectivity index (χ3v) is 3.60. The van der Waals surface area contributed by atoms with Crippen molar-refractivity contribution in [2.24, 2.45) is 0 Å². The van der Waals surface area contributed by atoms with Crippen molar-refractivity contribution in [2.45, 2.75) is 6.42 Å². The van der Waals surface area contributed by atoms with E-state index >= 15 is 0 Å².